The summed E-state index contributed by atoms with van der Waals surface area (Å²) in [7, 11) is 0. The van der Waals surface area contributed by atoms with E-state index in [1.54, 1.807) is 24.1 Å². The summed E-state index contributed by atoms with van der Waals surface area (Å²) in [5, 5.41) is 2.93. The van der Waals surface area contributed by atoms with Gasteiger partial charge in [0.15, 0.2) is 0 Å². The first-order valence-corrected chi connectivity index (χ1v) is 9.54. The molecule has 1 aromatic carbocycles. The lowest BCUT2D eigenvalue weighted by Gasteiger charge is -2.34. The van der Waals surface area contributed by atoms with E-state index in [1.165, 1.54) is 0 Å². The molecule has 1 aliphatic heterocycles. The van der Waals surface area contributed by atoms with Crippen LogP contribution in [0.25, 0.3) is 0 Å². The molecule has 0 bridgehead atoms. The molecule has 148 valence electrons. The van der Waals surface area contributed by atoms with Crippen molar-refractivity contribution in [2.45, 2.75) is 20.4 Å². The number of aryl methyl sites for hydroxylation is 1. The zero-order chi connectivity index (χ0) is 19.9. The lowest BCUT2D eigenvalue weighted by Crippen LogP contribution is -2.49. The number of benzene rings is 1. The van der Waals surface area contributed by atoms with Crippen LogP contribution in [-0.4, -0.2) is 54.7 Å². The fourth-order valence-electron chi connectivity index (χ4n) is 3.13. The van der Waals surface area contributed by atoms with Gasteiger partial charge in [0.25, 0.3) is 5.91 Å². The van der Waals surface area contributed by atoms with Crippen molar-refractivity contribution in [3.05, 3.63) is 59.3 Å². The largest absolute Gasteiger partial charge is 0.450 e. The molecule has 2 amide bonds. The molecule has 1 saturated heterocycles. The van der Waals surface area contributed by atoms with Gasteiger partial charge in [-0.25, -0.2) is 9.78 Å². The topological polar surface area (TPSA) is 74.8 Å². The maximum atomic E-state index is 12.4. The molecule has 0 spiro atoms. The molecule has 1 fully saturated rings. The fraction of sp³-hybridized carbons (Fsp3) is 0.381. The number of hydrogen-bond donors (Lipinski definition) is 1. The summed E-state index contributed by atoms with van der Waals surface area (Å²) in [6.07, 6.45) is 1.33. The predicted octanol–water partition coefficient (Wildman–Crippen LogP) is 2.60. The maximum Gasteiger partial charge on any atom is 0.409 e. The Bertz CT molecular complexity index is 815. The Kier molecular flexibility index (Phi) is 6.47. The Labute approximate surface area is 165 Å². The number of aromatic nitrogens is 1. The van der Waals surface area contributed by atoms with Gasteiger partial charge in [-0.2, -0.15) is 0 Å². The molecule has 0 radical (unpaired) electrons. The van der Waals surface area contributed by atoms with E-state index in [9.17, 15) is 9.59 Å². The number of nitrogens with zero attached hydrogens (tertiary/aromatic N) is 3. The summed E-state index contributed by atoms with van der Waals surface area (Å²) >= 11 is 0. The van der Waals surface area contributed by atoms with Crippen LogP contribution in [0.15, 0.2) is 42.6 Å². The molecular weight excluding hydrogens is 356 g/mol. The second kappa shape index (κ2) is 9.21. The van der Waals surface area contributed by atoms with Crippen LogP contribution < -0.4 is 10.2 Å². The van der Waals surface area contributed by atoms with Crippen LogP contribution in [0.2, 0.25) is 0 Å². The highest BCUT2D eigenvalue weighted by molar-refractivity contribution is 5.94. The fourth-order valence-corrected chi connectivity index (χ4v) is 3.13. The summed E-state index contributed by atoms with van der Waals surface area (Å²) < 4.78 is 5.04. The Hall–Kier alpha value is -3.09. The number of pyridine rings is 1. The zero-order valence-electron chi connectivity index (χ0n) is 16.4. The second-order valence-electron chi connectivity index (χ2n) is 6.69. The molecular formula is C21H26N4O3. The van der Waals surface area contributed by atoms with Crippen LogP contribution in [0.5, 0.6) is 0 Å². The number of rotatable bonds is 5. The van der Waals surface area contributed by atoms with E-state index in [2.05, 4.69) is 15.2 Å². The first kappa shape index (κ1) is 19.7. The number of anilines is 1. The third-order valence-electron chi connectivity index (χ3n) is 4.84. The van der Waals surface area contributed by atoms with Crippen LogP contribution in [0.4, 0.5) is 10.6 Å². The van der Waals surface area contributed by atoms with E-state index < -0.39 is 0 Å². The van der Waals surface area contributed by atoms with Gasteiger partial charge in [-0.3, -0.25) is 4.79 Å². The standard InChI is InChI=1S/C21H26N4O3/c1-3-28-21(27)25-12-10-24(11-13-25)19-9-8-18(15-22-19)20(26)23-14-17-7-5-4-6-16(17)2/h4-9,15H,3,10-14H2,1-2H3,(H,23,26). The first-order valence-electron chi connectivity index (χ1n) is 9.54. The van der Waals surface area contributed by atoms with Crippen molar-refractivity contribution in [1.82, 2.24) is 15.2 Å². The zero-order valence-corrected chi connectivity index (χ0v) is 16.4. The van der Waals surface area contributed by atoms with Crippen LogP contribution in [0.3, 0.4) is 0 Å². The molecule has 0 saturated carbocycles. The average Bonchev–Trinajstić information content (AvgIpc) is 2.73. The Balaban J connectivity index is 1.53. The summed E-state index contributed by atoms with van der Waals surface area (Å²) in [5.41, 5.74) is 2.78. The Morgan fingerprint density at radius 2 is 1.86 bits per heavy atom. The minimum Gasteiger partial charge on any atom is -0.450 e. The molecule has 1 aliphatic rings. The van der Waals surface area contributed by atoms with Crippen LogP contribution in [0, 0.1) is 6.92 Å². The van der Waals surface area contributed by atoms with Crippen molar-refractivity contribution < 1.29 is 14.3 Å². The molecule has 7 heteroatoms. The predicted molar refractivity (Wildman–Crippen MR) is 107 cm³/mol. The van der Waals surface area contributed by atoms with Gasteiger partial charge in [0.1, 0.15) is 5.82 Å². The van der Waals surface area contributed by atoms with Gasteiger partial charge in [0.05, 0.1) is 12.2 Å². The Morgan fingerprint density at radius 3 is 2.50 bits per heavy atom. The quantitative estimate of drug-likeness (QED) is 0.860. The van der Waals surface area contributed by atoms with Gasteiger partial charge in [0, 0.05) is 38.9 Å². The molecule has 0 unspecified atom stereocenters. The van der Waals surface area contributed by atoms with E-state index in [4.69, 9.17) is 4.74 Å². The van der Waals surface area contributed by atoms with Gasteiger partial charge < -0.3 is 19.9 Å². The first-order chi connectivity index (χ1) is 13.6. The summed E-state index contributed by atoms with van der Waals surface area (Å²) in [6.45, 7) is 7.26. The Morgan fingerprint density at radius 1 is 1.11 bits per heavy atom. The number of ether oxygens (including phenoxy) is 1. The monoisotopic (exact) mass is 382 g/mol. The number of piperazine rings is 1. The molecule has 2 heterocycles. The summed E-state index contributed by atoms with van der Waals surface area (Å²) in [6, 6.07) is 11.6. The molecule has 3 rings (SSSR count). The number of carbonyl (C=O) groups is 2. The minimum absolute atomic E-state index is 0.144. The van der Waals surface area contributed by atoms with E-state index in [-0.39, 0.29) is 12.0 Å². The van der Waals surface area contributed by atoms with Crippen LogP contribution in [0.1, 0.15) is 28.4 Å². The van der Waals surface area contributed by atoms with Gasteiger partial charge in [-0.15, -0.1) is 0 Å². The summed E-state index contributed by atoms with van der Waals surface area (Å²) in [4.78, 5) is 32.4. The molecule has 7 nitrogen and oxygen atoms in total. The number of amides is 2. The van der Waals surface area contributed by atoms with Crippen LogP contribution >= 0.6 is 0 Å². The van der Waals surface area contributed by atoms with Crippen molar-refractivity contribution in [2.75, 3.05) is 37.7 Å². The normalized spacial score (nSPS) is 13.9. The van der Waals surface area contributed by atoms with Gasteiger partial charge in [-0.1, -0.05) is 24.3 Å². The van der Waals surface area contributed by atoms with Crippen molar-refractivity contribution in [3.63, 3.8) is 0 Å². The lowest BCUT2D eigenvalue weighted by molar-refractivity contribution is 0.0949. The van der Waals surface area contributed by atoms with Gasteiger partial charge >= 0.3 is 6.09 Å². The van der Waals surface area contributed by atoms with Gasteiger partial charge in [0.2, 0.25) is 0 Å². The SMILES string of the molecule is CCOC(=O)N1CCN(c2ccc(C(=O)NCc3ccccc3C)cn2)CC1. The smallest absolute Gasteiger partial charge is 0.409 e. The molecule has 1 aromatic heterocycles. The number of hydrogen-bond acceptors (Lipinski definition) is 5. The third-order valence-corrected chi connectivity index (χ3v) is 4.84. The van der Waals surface area contributed by atoms with Crippen molar-refractivity contribution in [2.24, 2.45) is 0 Å². The van der Waals surface area contributed by atoms with E-state index >= 15 is 0 Å². The third kappa shape index (κ3) is 4.79. The minimum atomic E-state index is -0.268. The highest BCUT2D eigenvalue weighted by atomic mass is 16.6. The molecule has 0 aliphatic carbocycles. The van der Waals surface area contributed by atoms with Crippen molar-refractivity contribution in [1.29, 1.82) is 0 Å². The van der Waals surface area contributed by atoms with E-state index in [1.807, 2.05) is 37.3 Å². The highest BCUT2D eigenvalue weighted by Crippen LogP contribution is 2.15. The molecule has 1 N–H and O–H groups in total. The average molecular weight is 382 g/mol. The van der Waals surface area contributed by atoms with E-state index in [0.717, 1.165) is 16.9 Å². The highest BCUT2D eigenvalue weighted by Gasteiger charge is 2.22. The number of nitrogens with one attached hydrogen (secondary N) is 1. The molecule has 2 aromatic rings. The van der Waals surface area contributed by atoms with E-state index in [0.29, 0.717) is 44.9 Å². The van der Waals surface area contributed by atoms with Crippen molar-refractivity contribution in [3.8, 4) is 0 Å². The lowest BCUT2D eigenvalue weighted by atomic mass is 10.1. The maximum absolute atomic E-state index is 12.4. The second-order valence-corrected chi connectivity index (χ2v) is 6.69. The summed E-state index contributed by atoms with van der Waals surface area (Å²) in [5.74, 6) is 0.661. The molecule has 0 atom stereocenters. The number of carbonyl (C=O) groups excluding carboxylic acids is 2. The van der Waals surface area contributed by atoms with Crippen LogP contribution in [-0.2, 0) is 11.3 Å². The molecule has 28 heavy (non-hydrogen) atoms. The van der Waals surface area contributed by atoms with Gasteiger partial charge in [-0.05, 0) is 37.1 Å². The van der Waals surface area contributed by atoms with Crippen molar-refractivity contribution >= 4 is 17.8 Å².